The molecule has 2 aliphatic rings. The maximum Gasteiger partial charge on any atom is 0.407 e. The largest absolute Gasteiger partial charge is 0.442 e. The van der Waals surface area contributed by atoms with Gasteiger partial charge in [0.25, 0.3) is 0 Å². The third-order valence-corrected chi connectivity index (χ3v) is 3.11. The minimum absolute atomic E-state index is 0.0985. The molecule has 0 spiro atoms. The maximum atomic E-state index is 10.7. The van der Waals surface area contributed by atoms with Crippen molar-refractivity contribution in [1.82, 2.24) is 10.6 Å². The number of hydrogen-bond donors (Lipinski definition) is 3. The van der Waals surface area contributed by atoms with E-state index in [1.54, 1.807) is 0 Å². The van der Waals surface area contributed by atoms with Gasteiger partial charge in [-0.2, -0.15) is 0 Å². The Balaban J connectivity index is 0.000000203. The van der Waals surface area contributed by atoms with Gasteiger partial charge in [0.15, 0.2) is 0 Å². The predicted octanol–water partition coefficient (Wildman–Crippen LogP) is 0.399. The number of rotatable bonds is 5. The number of aliphatic hydroxyl groups is 1. The molecule has 3 N–H and O–H groups in total. The second kappa shape index (κ2) is 8.96. The normalized spacial score (nSPS) is 22.3. The van der Waals surface area contributed by atoms with Crippen LogP contribution in [0.1, 0.15) is 5.56 Å². The van der Waals surface area contributed by atoms with Gasteiger partial charge >= 0.3 is 12.2 Å². The number of carbonyl (C=O) groups is 2. The zero-order valence-electron chi connectivity index (χ0n) is 12.6. The number of benzene rings is 1. The molecule has 1 aromatic rings. The Kier molecular flexibility index (Phi) is 6.64. The van der Waals surface area contributed by atoms with E-state index in [0.29, 0.717) is 26.3 Å². The van der Waals surface area contributed by atoms with Gasteiger partial charge in [-0.25, -0.2) is 9.59 Å². The molecule has 0 aromatic heterocycles. The van der Waals surface area contributed by atoms with Crippen molar-refractivity contribution in [2.45, 2.75) is 18.8 Å². The molecule has 8 nitrogen and oxygen atoms in total. The van der Waals surface area contributed by atoms with E-state index < -0.39 is 6.09 Å². The summed E-state index contributed by atoms with van der Waals surface area (Å²) in [6.45, 7) is 1.85. The molecular formula is C15H20N2O6. The number of aliphatic hydroxyl groups excluding tert-OH is 1. The fourth-order valence-electron chi connectivity index (χ4n) is 1.94. The summed E-state index contributed by atoms with van der Waals surface area (Å²) in [4.78, 5) is 20.9. The summed E-state index contributed by atoms with van der Waals surface area (Å²) in [6.07, 6.45) is -1.28. The molecule has 2 aliphatic heterocycles. The molecule has 0 saturated carbocycles. The van der Waals surface area contributed by atoms with Crippen molar-refractivity contribution >= 4 is 12.2 Å². The number of hydrogen-bond acceptors (Lipinski definition) is 6. The van der Waals surface area contributed by atoms with E-state index in [9.17, 15) is 9.59 Å². The molecule has 2 saturated heterocycles. The van der Waals surface area contributed by atoms with Crippen LogP contribution in [0.2, 0.25) is 0 Å². The highest BCUT2D eigenvalue weighted by Crippen LogP contribution is 2.04. The van der Waals surface area contributed by atoms with Crippen molar-refractivity contribution in [2.24, 2.45) is 0 Å². The highest BCUT2D eigenvalue weighted by molar-refractivity contribution is 5.69. The van der Waals surface area contributed by atoms with Crippen LogP contribution in [0.5, 0.6) is 0 Å². The van der Waals surface area contributed by atoms with E-state index in [1.807, 2.05) is 30.3 Å². The van der Waals surface area contributed by atoms with Crippen LogP contribution in [0.15, 0.2) is 30.3 Å². The Bertz CT molecular complexity index is 510. The van der Waals surface area contributed by atoms with Crippen molar-refractivity contribution in [1.29, 1.82) is 0 Å². The first-order valence-corrected chi connectivity index (χ1v) is 7.29. The lowest BCUT2D eigenvalue weighted by molar-refractivity contribution is 0.0381. The lowest BCUT2D eigenvalue weighted by atomic mass is 10.2. The van der Waals surface area contributed by atoms with E-state index in [1.165, 1.54) is 0 Å². The molecular weight excluding hydrogens is 304 g/mol. The molecule has 1 aromatic carbocycles. The van der Waals surface area contributed by atoms with Gasteiger partial charge in [0.05, 0.1) is 32.9 Å². The second-order valence-corrected chi connectivity index (χ2v) is 5.00. The average Bonchev–Trinajstić information content (AvgIpc) is 3.17. The Labute approximate surface area is 133 Å². The SMILES string of the molecule is O=C1NCC(CO)O1.O=C1NCC(COCc2ccccc2)O1. The van der Waals surface area contributed by atoms with Crippen LogP contribution in [0.3, 0.4) is 0 Å². The van der Waals surface area contributed by atoms with Gasteiger partial charge in [0, 0.05) is 0 Å². The first-order valence-electron chi connectivity index (χ1n) is 7.29. The number of carbonyl (C=O) groups excluding carboxylic acids is 2. The van der Waals surface area contributed by atoms with Crippen LogP contribution in [-0.4, -0.2) is 55.8 Å². The first kappa shape index (κ1) is 17.0. The van der Waals surface area contributed by atoms with E-state index in [2.05, 4.69) is 15.4 Å². The highest BCUT2D eigenvalue weighted by Gasteiger charge is 2.22. The molecule has 2 atom stereocenters. The van der Waals surface area contributed by atoms with Gasteiger partial charge in [-0.1, -0.05) is 30.3 Å². The molecule has 0 radical (unpaired) electrons. The van der Waals surface area contributed by atoms with Gasteiger partial charge in [0.2, 0.25) is 0 Å². The fraction of sp³-hybridized carbons (Fsp3) is 0.467. The van der Waals surface area contributed by atoms with E-state index in [4.69, 9.17) is 14.6 Å². The van der Waals surface area contributed by atoms with Gasteiger partial charge < -0.3 is 30.0 Å². The third kappa shape index (κ3) is 6.13. The van der Waals surface area contributed by atoms with Crippen LogP contribution >= 0.6 is 0 Å². The van der Waals surface area contributed by atoms with E-state index in [0.717, 1.165) is 5.56 Å². The third-order valence-electron chi connectivity index (χ3n) is 3.11. The lowest BCUT2D eigenvalue weighted by Crippen LogP contribution is -2.20. The molecule has 0 aliphatic carbocycles. The second-order valence-electron chi connectivity index (χ2n) is 5.00. The Morgan fingerprint density at radius 2 is 1.65 bits per heavy atom. The number of cyclic esters (lactones) is 2. The smallest absolute Gasteiger partial charge is 0.407 e. The van der Waals surface area contributed by atoms with E-state index >= 15 is 0 Å². The Morgan fingerprint density at radius 1 is 1.04 bits per heavy atom. The van der Waals surface area contributed by atoms with Crippen LogP contribution < -0.4 is 10.6 Å². The highest BCUT2D eigenvalue weighted by atomic mass is 16.6. The fourth-order valence-corrected chi connectivity index (χ4v) is 1.94. The molecule has 2 unspecified atom stereocenters. The Morgan fingerprint density at radius 3 is 2.13 bits per heavy atom. The molecule has 8 heteroatoms. The zero-order chi connectivity index (χ0) is 16.5. The van der Waals surface area contributed by atoms with Gasteiger partial charge in [-0.05, 0) is 5.56 Å². The topological polar surface area (TPSA) is 106 Å². The van der Waals surface area contributed by atoms with E-state index in [-0.39, 0.29) is 24.9 Å². The maximum absolute atomic E-state index is 10.7. The molecule has 2 heterocycles. The van der Waals surface area contributed by atoms with Crippen molar-refractivity contribution in [3.05, 3.63) is 35.9 Å². The quantitative estimate of drug-likeness (QED) is 0.724. The Hall–Kier alpha value is -2.32. The van der Waals surface area contributed by atoms with Gasteiger partial charge in [0.1, 0.15) is 12.2 Å². The lowest BCUT2D eigenvalue weighted by Gasteiger charge is -2.08. The summed E-state index contributed by atoms with van der Waals surface area (Å²) in [7, 11) is 0. The molecule has 23 heavy (non-hydrogen) atoms. The summed E-state index contributed by atoms with van der Waals surface area (Å²) in [5, 5.41) is 13.3. The molecule has 2 amide bonds. The number of ether oxygens (including phenoxy) is 3. The van der Waals surface area contributed by atoms with Crippen molar-refractivity contribution in [2.75, 3.05) is 26.3 Å². The molecule has 0 bridgehead atoms. The minimum atomic E-state index is -0.441. The van der Waals surface area contributed by atoms with Crippen molar-refractivity contribution in [3.8, 4) is 0 Å². The summed E-state index contributed by atoms with van der Waals surface area (Å²) in [5.41, 5.74) is 1.12. The van der Waals surface area contributed by atoms with Crippen molar-refractivity contribution in [3.63, 3.8) is 0 Å². The molecule has 3 rings (SSSR count). The van der Waals surface area contributed by atoms with Gasteiger partial charge in [-0.3, -0.25) is 0 Å². The predicted molar refractivity (Wildman–Crippen MR) is 79.7 cm³/mol. The van der Waals surface area contributed by atoms with Crippen LogP contribution in [0, 0.1) is 0 Å². The summed E-state index contributed by atoms with van der Waals surface area (Å²) >= 11 is 0. The van der Waals surface area contributed by atoms with Crippen LogP contribution in [0.25, 0.3) is 0 Å². The monoisotopic (exact) mass is 324 g/mol. The van der Waals surface area contributed by atoms with Gasteiger partial charge in [-0.15, -0.1) is 0 Å². The summed E-state index contributed by atoms with van der Waals surface area (Å²) in [6, 6.07) is 9.90. The summed E-state index contributed by atoms with van der Waals surface area (Å²) < 4.78 is 14.9. The molecule has 2 fully saturated rings. The average molecular weight is 324 g/mol. The zero-order valence-corrected chi connectivity index (χ0v) is 12.6. The summed E-state index contributed by atoms with van der Waals surface area (Å²) in [5.74, 6) is 0. The minimum Gasteiger partial charge on any atom is -0.442 e. The number of nitrogens with one attached hydrogen (secondary N) is 2. The standard InChI is InChI=1S/C11H13NO3.C4H7NO3/c13-11-12-6-10(15-11)8-14-7-9-4-2-1-3-5-9;6-2-3-1-5-4(7)8-3/h1-5,10H,6-8H2,(H,12,13);3,6H,1-2H2,(H,5,7). The van der Waals surface area contributed by atoms with Crippen LogP contribution in [0.4, 0.5) is 9.59 Å². The van der Waals surface area contributed by atoms with Crippen molar-refractivity contribution < 1.29 is 28.9 Å². The van der Waals surface area contributed by atoms with Crippen LogP contribution in [-0.2, 0) is 20.8 Å². The molecule has 126 valence electrons. The number of alkyl carbamates (subject to hydrolysis) is 2. The number of amides is 2. The first-order chi connectivity index (χ1) is 11.2.